The van der Waals surface area contributed by atoms with Crippen molar-refractivity contribution < 1.29 is 29.0 Å². The van der Waals surface area contributed by atoms with Crippen molar-refractivity contribution in [1.82, 2.24) is 4.90 Å². The standard InChI is InChI=1S/C16H25NO.C10H10O4.C6H8O.C2H6/c1-3-14-7-8-16(13-15(14)4-2)18-12-11-17-9-5-6-10-17;1-5(11)7-3-8(6(2)12)10(14)4-9(7)13;1-2-6-4-3-5-7-6;1-2/h7-8,13H,3-6,9-12H2,1-2H3;3-4,13-14H,1-2H3;3-5H,2H2,1H3;1-2H3. The van der Waals surface area contributed by atoms with Gasteiger partial charge in [0, 0.05) is 19.0 Å². The van der Waals surface area contributed by atoms with Crippen LogP contribution in [0.4, 0.5) is 0 Å². The summed E-state index contributed by atoms with van der Waals surface area (Å²) in [7, 11) is 0. The van der Waals surface area contributed by atoms with Crippen molar-refractivity contribution in [3.63, 3.8) is 0 Å². The van der Waals surface area contributed by atoms with Crippen LogP contribution in [0.2, 0.25) is 0 Å². The largest absolute Gasteiger partial charge is 0.507 e. The first-order valence-electron chi connectivity index (χ1n) is 14.8. The van der Waals surface area contributed by atoms with Gasteiger partial charge < -0.3 is 19.4 Å². The van der Waals surface area contributed by atoms with Crippen molar-refractivity contribution in [1.29, 1.82) is 0 Å². The molecule has 0 bridgehead atoms. The third kappa shape index (κ3) is 12.2. The molecule has 41 heavy (non-hydrogen) atoms. The van der Waals surface area contributed by atoms with Crippen LogP contribution >= 0.6 is 0 Å². The number of hydrogen-bond donors (Lipinski definition) is 2. The minimum absolute atomic E-state index is 0.0352. The topological polar surface area (TPSA) is 100 Å². The zero-order chi connectivity index (χ0) is 30.8. The maximum atomic E-state index is 11.0. The molecule has 2 N–H and O–H groups in total. The van der Waals surface area contributed by atoms with Gasteiger partial charge >= 0.3 is 0 Å². The van der Waals surface area contributed by atoms with Crippen LogP contribution in [0.3, 0.4) is 0 Å². The summed E-state index contributed by atoms with van der Waals surface area (Å²) >= 11 is 0. The molecule has 226 valence electrons. The van der Waals surface area contributed by atoms with E-state index in [2.05, 4.69) is 43.9 Å². The number of hydrogen-bond acceptors (Lipinski definition) is 7. The lowest BCUT2D eigenvalue weighted by Gasteiger charge is -2.15. The van der Waals surface area contributed by atoms with Gasteiger partial charge in [0.25, 0.3) is 0 Å². The summed E-state index contributed by atoms with van der Waals surface area (Å²) in [4.78, 5) is 24.5. The number of aryl methyl sites for hydroxylation is 3. The summed E-state index contributed by atoms with van der Waals surface area (Å²) in [6, 6.07) is 12.6. The molecular weight excluding hydrogens is 518 g/mol. The van der Waals surface area contributed by atoms with Gasteiger partial charge in [-0.25, -0.2) is 0 Å². The zero-order valence-corrected chi connectivity index (χ0v) is 26.0. The van der Waals surface area contributed by atoms with Crippen LogP contribution in [0.1, 0.15) is 98.9 Å². The fraction of sp³-hybridized carbons (Fsp3) is 0.471. The number of benzene rings is 2. The molecule has 0 atom stereocenters. The van der Waals surface area contributed by atoms with Gasteiger partial charge in [-0.1, -0.05) is 40.7 Å². The second-order valence-corrected chi connectivity index (χ2v) is 9.47. The first-order chi connectivity index (χ1) is 19.7. The molecule has 4 rings (SSSR count). The van der Waals surface area contributed by atoms with Crippen LogP contribution in [0, 0.1) is 0 Å². The number of aromatic hydroxyl groups is 2. The summed E-state index contributed by atoms with van der Waals surface area (Å²) in [5.41, 5.74) is 2.95. The van der Waals surface area contributed by atoms with Gasteiger partial charge in [0.05, 0.1) is 17.4 Å². The molecule has 0 radical (unpaired) electrons. The monoisotopic (exact) mass is 567 g/mol. The quantitative estimate of drug-likeness (QED) is 0.256. The highest BCUT2D eigenvalue weighted by Crippen LogP contribution is 2.28. The SMILES string of the molecule is CC.CC(=O)c1cc(C(C)=O)c(O)cc1O.CCc1ccc(OCCN2CCCC2)cc1CC.CCc1ccco1. The maximum Gasteiger partial charge on any atom is 0.163 e. The highest BCUT2D eigenvalue weighted by Gasteiger charge is 2.14. The molecule has 0 aliphatic carbocycles. The molecule has 1 saturated heterocycles. The van der Waals surface area contributed by atoms with E-state index in [0.29, 0.717) is 0 Å². The minimum atomic E-state index is -0.356. The number of ether oxygens (including phenoxy) is 1. The molecule has 1 aliphatic rings. The van der Waals surface area contributed by atoms with Gasteiger partial charge in [-0.05, 0) is 94.1 Å². The lowest BCUT2D eigenvalue weighted by Crippen LogP contribution is -2.25. The number of furan rings is 1. The van der Waals surface area contributed by atoms with E-state index >= 15 is 0 Å². The zero-order valence-electron chi connectivity index (χ0n) is 26.0. The number of rotatable bonds is 9. The Hall–Kier alpha value is -3.58. The van der Waals surface area contributed by atoms with Gasteiger partial charge in [-0.2, -0.15) is 0 Å². The predicted molar refractivity (Wildman–Crippen MR) is 166 cm³/mol. The summed E-state index contributed by atoms with van der Waals surface area (Å²) < 4.78 is 10.9. The Morgan fingerprint density at radius 2 is 1.41 bits per heavy atom. The maximum absolute atomic E-state index is 11.0. The van der Waals surface area contributed by atoms with Crippen molar-refractivity contribution >= 4 is 11.6 Å². The highest BCUT2D eigenvalue weighted by molar-refractivity contribution is 6.03. The third-order valence-corrected chi connectivity index (χ3v) is 6.62. The average Bonchev–Trinajstić information content (AvgIpc) is 3.69. The molecule has 3 aromatic rings. The van der Waals surface area contributed by atoms with Gasteiger partial charge in [0.2, 0.25) is 0 Å². The Morgan fingerprint density at radius 3 is 1.85 bits per heavy atom. The smallest absolute Gasteiger partial charge is 0.163 e. The lowest BCUT2D eigenvalue weighted by molar-refractivity contribution is 0.101. The molecule has 0 spiro atoms. The van der Waals surface area contributed by atoms with E-state index in [1.807, 2.05) is 26.0 Å². The summed E-state index contributed by atoms with van der Waals surface area (Å²) in [5, 5.41) is 18.6. The Kier molecular flexibility index (Phi) is 16.8. The Bertz CT molecular complexity index is 1140. The summed E-state index contributed by atoms with van der Waals surface area (Å²) in [5.74, 6) is 0.734. The number of phenols is 2. The fourth-order valence-electron chi connectivity index (χ4n) is 4.32. The first-order valence-corrected chi connectivity index (χ1v) is 14.8. The van der Waals surface area contributed by atoms with Crippen LogP contribution in [-0.4, -0.2) is 52.9 Å². The molecule has 7 nitrogen and oxygen atoms in total. The molecule has 1 aromatic heterocycles. The van der Waals surface area contributed by atoms with E-state index in [1.165, 1.54) is 57.0 Å². The van der Waals surface area contributed by atoms with Gasteiger partial charge in [-0.3, -0.25) is 14.5 Å². The van der Waals surface area contributed by atoms with E-state index < -0.39 is 0 Å². The number of likely N-dealkylation sites (tertiary alicyclic amines) is 1. The molecule has 2 heterocycles. The molecule has 0 saturated carbocycles. The van der Waals surface area contributed by atoms with E-state index in [0.717, 1.165) is 50.0 Å². The number of carbonyl (C=O) groups is 2. The van der Waals surface area contributed by atoms with Gasteiger partial charge in [0.1, 0.15) is 29.6 Å². The van der Waals surface area contributed by atoms with Crippen LogP contribution in [0.15, 0.2) is 53.1 Å². The second kappa shape index (κ2) is 19.5. The van der Waals surface area contributed by atoms with E-state index in [-0.39, 0.29) is 34.2 Å². The van der Waals surface area contributed by atoms with Crippen LogP contribution in [0.5, 0.6) is 17.2 Å². The number of carbonyl (C=O) groups excluding carboxylic acids is 2. The third-order valence-electron chi connectivity index (χ3n) is 6.62. The van der Waals surface area contributed by atoms with E-state index in [9.17, 15) is 19.8 Å². The first kappa shape index (κ1) is 35.4. The van der Waals surface area contributed by atoms with Crippen molar-refractivity contribution in [2.24, 2.45) is 0 Å². The van der Waals surface area contributed by atoms with Gasteiger partial charge in [0.15, 0.2) is 11.6 Å². The van der Waals surface area contributed by atoms with Crippen LogP contribution in [-0.2, 0) is 19.3 Å². The van der Waals surface area contributed by atoms with Crippen LogP contribution < -0.4 is 4.74 Å². The average molecular weight is 568 g/mol. The number of phenolic OH excluding ortho intramolecular Hbond substituents is 2. The Labute approximate surface area is 246 Å². The van der Waals surface area contributed by atoms with E-state index in [4.69, 9.17) is 9.15 Å². The summed E-state index contributed by atoms with van der Waals surface area (Å²) in [6.07, 6.45) is 7.59. The second-order valence-electron chi connectivity index (χ2n) is 9.47. The minimum Gasteiger partial charge on any atom is -0.507 e. The normalized spacial score (nSPS) is 12.2. The molecular formula is C34H49NO6. The van der Waals surface area contributed by atoms with Crippen LogP contribution in [0.25, 0.3) is 0 Å². The van der Waals surface area contributed by atoms with Crippen molar-refractivity contribution in [3.05, 3.63) is 76.7 Å². The highest BCUT2D eigenvalue weighted by atomic mass is 16.5. The van der Waals surface area contributed by atoms with Crippen molar-refractivity contribution in [2.75, 3.05) is 26.2 Å². The van der Waals surface area contributed by atoms with Crippen molar-refractivity contribution in [3.8, 4) is 17.2 Å². The molecule has 1 fully saturated rings. The number of nitrogens with zero attached hydrogens (tertiary/aromatic N) is 1. The number of ketones is 2. The molecule has 0 unspecified atom stereocenters. The van der Waals surface area contributed by atoms with Crippen molar-refractivity contribution in [2.45, 2.75) is 80.6 Å². The summed E-state index contributed by atoms with van der Waals surface area (Å²) in [6.45, 7) is 17.4. The molecule has 2 aromatic carbocycles. The predicted octanol–water partition coefficient (Wildman–Crippen LogP) is 7.66. The Morgan fingerprint density at radius 1 is 0.829 bits per heavy atom. The van der Waals surface area contributed by atoms with E-state index in [1.54, 1.807) is 6.26 Å². The number of Topliss-reactive ketones (excluding diaryl/α,β-unsaturated/α-hetero) is 2. The fourth-order valence-corrected chi connectivity index (χ4v) is 4.32. The lowest BCUT2D eigenvalue weighted by atomic mass is 10.0. The molecule has 1 aliphatic heterocycles. The Balaban J connectivity index is 0.000000323. The van der Waals surface area contributed by atoms with Gasteiger partial charge in [-0.15, -0.1) is 0 Å². The molecule has 7 heteroatoms. The molecule has 0 amide bonds.